The number of amides is 1. The molecule has 9 heteroatoms. The summed E-state index contributed by atoms with van der Waals surface area (Å²) in [5.74, 6) is 0. The highest BCUT2D eigenvalue weighted by Gasteiger charge is 2.18. The van der Waals surface area contributed by atoms with Crippen LogP contribution in [0.1, 0.15) is 18.5 Å². The smallest absolute Gasteiger partial charge is 0.421 e. The molecule has 1 heterocycles. The van der Waals surface area contributed by atoms with Gasteiger partial charge in [-0.3, -0.25) is 5.10 Å². The maximum Gasteiger partial charge on any atom is 0.421 e. The maximum atomic E-state index is 11.4. The molecule has 1 aromatic rings. The molecule has 8 nitrogen and oxygen atoms in total. The molecule has 1 atom stereocenters. The van der Waals surface area contributed by atoms with E-state index in [1.165, 1.54) is 6.20 Å². The maximum absolute atomic E-state index is 11.4. The summed E-state index contributed by atoms with van der Waals surface area (Å²) in [6.45, 7) is 1.61. The summed E-state index contributed by atoms with van der Waals surface area (Å²) in [7, 11) is -2.86. The fourth-order valence-corrected chi connectivity index (χ4v) is 1.94. The zero-order valence-corrected chi connectivity index (χ0v) is 9.54. The number of carbonyl (C=O) groups excluding carboxylic acids is 1. The van der Waals surface area contributed by atoms with E-state index in [0.717, 1.165) is 7.11 Å². The number of H-pyrrole nitrogens is 1. The Hall–Kier alpha value is -1.61. The SMILES string of the molecule is COC(=O)NS(=O)(=O)NC(C)c1cn[nH]c1. The summed E-state index contributed by atoms with van der Waals surface area (Å²) >= 11 is 0. The van der Waals surface area contributed by atoms with Crippen LogP contribution in [0.4, 0.5) is 4.79 Å². The molecule has 0 bridgehead atoms. The van der Waals surface area contributed by atoms with Crippen molar-refractivity contribution in [1.29, 1.82) is 0 Å². The van der Waals surface area contributed by atoms with Gasteiger partial charge in [-0.15, -0.1) is 0 Å². The van der Waals surface area contributed by atoms with E-state index in [0.29, 0.717) is 5.56 Å². The molecule has 1 rings (SSSR count). The van der Waals surface area contributed by atoms with Gasteiger partial charge in [-0.25, -0.2) is 9.52 Å². The highest BCUT2D eigenvalue weighted by Crippen LogP contribution is 2.09. The van der Waals surface area contributed by atoms with Gasteiger partial charge in [0.05, 0.1) is 13.3 Å². The molecule has 1 unspecified atom stereocenters. The van der Waals surface area contributed by atoms with Crippen LogP contribution < -0.4 is 9.44 Å². The highest BCUT2D eigenvalue weighted by atomic mass is 32.2. The summed E-state index contributed by atoms with van der Waals surface area (Å²) < 4.78 is 30.8. The first-order valence-corrected chi connectivity index (χ1v) is 5.79. The number of aromatic nitrogens is 2. The Morgan fingerprint density at radius 2 is 2.31 bits per heavy atom. The van der Waals surface area contributed by atoms with E-state index in [9.17, 15) is 13.2 Å². The van der Waals surface area contributed by atoms with Crippen LogP contribution >= 0.6 is 0 Å². The minimum absolute atomic E-state index is 0.513. The second kappa shape index (κ2) is 4.94. The van der Waals surface area contributed by atoms with Crippen LogP contribution in [0.3, 0.4) is 0 Å². The zero-order valence-electron chi connectivity index (χ0n) is 8.72. The van der Waals surface area contributed by atoms with Gasteiger partial charge < -0.3 is 4.74 Å². The van der Waals surface area contributed by atoms with E-state index in [2.05, 4.69) is 19.7 Å². The van der Waals surface area contributed by atoms with Gasteiger partial charge in [-0.2, -0.15) is 18.2 Å². The van der Waals surface area contributed by atoms with Crippen LogP contribution in [-0.4, -0.2) is 31.8 Å². The van der Waals surface area contributed by atoms with Gasteiger partial charge in [-0.1, -0.05) is 0 Å². The molecule has 0 radical (unpaired) electrons. The van der Waals surface area contributed by atoms with Gasteiger partial charge in [-0.05, 0) is 6.92 Å². The molecule has 0 aliphatic carbocycles. The first-order valence-electron chi connectivity index (χ1n) is 4.31. The second-order valence-electron chi connectivity index (χ2n) is 2.97. The van der Waals surface area contributed by atoms with Crippen molar-refractivity contribution in [2.24, 2.45) is 0 Å². The molecule has 0 fully saturated rings. The highest BCUT2D eigenvalue weighted by molar-refractivity contribution is 7.88. The molecule has 0 aliphatic rings. The molecule has 1 aromatic heterocycles. The van der Waals surface area contributed by atoms with Crippen molar-refractivity contribution in [2.75, 3.05) is 7.11 Å². The minimum Gasteiger partial charge on any atom is -0.452 e. The van der Waals surface area contributed by atoms with Crippen LogP contribution in [0.25, 0.3) is 0 Å². The topological polar surface area (TPSA) is 113 Å². The lowest BCUT2D eigenvalue weighted by Crippen LogP contribution is -2.41. The molecule has 0 aromatic carbocycles. The number of nitrogens with one attached hydrogen (secondary N) is 3. The van der Waals surface area contributed by atoms with E-state index in [4.69, 9.17) is 0 Å². The fourth-order valence-electron chi connectivity index (χ4n) is 0.979. The monoisotopic (exact) mass is 248 g/mol. The number of ether oxygens (including phenoxy) is 1. The Bertz CT molecular complexity index is 441. The summed E-state index contributed by atoms with van der Waals surface area (Å²) in [6, 6.07) is -0.513. The third-order valence-electron chi connectivity index (χ3n) is 1.75. The predicted octanol–water partition coefficient (Wildman–Crippen LogP) is -0.339. The van der Waals surface area contributed by atoms with Crippen molar-refractivity contribution in [3.05, 3.63) is 18.0 Å². The number of hydrogen-bond acceptors (Lipinski definition) is 5. The molecule has 0 aliphatic heterocycles. The first-order chi connectivity index (χ1) is 7.44. The van der Waals surface area contributed by atoms with Gasteiger partial charge in [0.25, 0.3) is 0 Å². The van der Waals surface area contributed by atoms with Crippen molar-refractivity contribution >= 4 is 16.3 Å². The van der Waals surface area contributed by atoms with Crippen molar-refractivity contribution in [1.82, 2.24) is 19.6 Å². The van der Waals surface area contributed by atoms with Crippen LogP contribution in [0.2, 0.25) is 0 Å². The van der Waals surface area contributed by atoms with E-state index >= 15 is 0 Å². The molecule has 1 amide bonds. The normalized spacial score (nSPS) is 13.1. The number of carbonyl (C=O) groups is 1. The second-order valence-corrected chi connectivity index (χ2v) is 4.41. The van der Waals surface area contributed by atoms with E-state index in [1.54, 1.807) is 17.8 Å². The molecular formula is C7H12N4O4S. The average molecular weight is 248 g/mol. The molecule has 0 saturated carbocycles. The molecule has 0 saturated heterocycles. The van der Waals surface area contributed by atoms with Crippen molar-refractivity contribution < 1.29 is 17.9 Å². The summed E-state index contributed by atoms with van der Waals surface area (Å²) in [5.41, 5.74) is 0.648. The predicted molar refractivity (Wildman–Crippen MR) is 54.6 cm³/mol. The number of nitrogens with zero attached hydrogens (tertiary/aromatic N) is 1. The van der Waals surface area contributed by atoms with Gasteiger partial charge in [0.1, 0.15) is 0 Å². The Morgan fingerprint density at radius 3 is 2.81 bits per heavy atom. The quantitative estimate of drug-likeness (QED) is 0.674. The number of methoxy groups -OCH3 is 1. The first kappa shape index (κ1) is 12.5. The Balaban J connectivity index is 2.63. The van der Waals surface area contributed by atoms with Crippen LogP contribution in [0.5, 0.6) is 0 Å². The molecule has 3 N–H and O–H groups in total. The van der Waals surface area contributed by atoms with E-state index < -0.39 is 22.3 Å². The third-order valence-corrected chi connectivity index (χ3v) is 2.85. The van der Waals surface area contributed by atoms with Gasteiger partial charge >= 0.3 is 16.3 Å². The minimum atomic E-state index is -3.93. The van der Waals surface area contributed by atoms with Gasteiger partial charge in [0.15, 0.2) is 0 Å². The lowest BCUT2D eigenvalue weighted by atomic mass is 10.2. The van der Waals surface area contributed by atoms with Crippen LogP contribution in [-0.2, 0) is 14.9 Å². The Kier molecular flexibility index (Phi) is 3.85. The average Bonchev–Trinajstić information content (AvgIpc) is 2.68. The fraction of sp³-hybridized carbons (Fsp3) is 0.429. The van der Waals surface area contributed by atoms with Gasteiger partial charge in [0, 0.05) is 17.8 Å². The van der Waals surface area contributed by atoms with Crippen molar-refractivity contribution in [2.45, 2.75) is 13.0 Å². The van der Waals surface area contributed by atoms with Crippen LogP contribution in [0, 0.1) is 0 Å². The number of rotatable bonds is 4. The van der Waals surface area contributed by atoms with E-state index in [-0.39, 0.29) is 0 Å². The standard InChI is InChI=1S/C7H12N4O4S/c1-5(6-3-8-9-4-6)10-16(13,14)11-7(12)15-2/h3-5,10H,1-2H3,(H,8,9)(H,11,12). The summed E-state index contributed by atoms with van der Waals surface area (Å²) in [6.07, 6.45) is 1.98. The van der Waals surface area contributed by atoms with Crippen molar-refractivity contribution in [3.8, 4) is 0 Å². The Labute approximate surface area is 92.6 Å². The number of aromatic amines is 1. The zero-order chi connectivity index (χ0) is 12.2. The summed E-state index contributed by atoms with van der Waals surface area (Å²) in [4.78, 5) is 10.7. The molecule has 90 valence electrons. The number of hydrogen-bond donors (Lipinski definition) is 3. The molecular weight excluding hydrogens is 236 g/mol. The van der Waals surface area contributed by atoms with Crippen LogP contribution in [0.15, 0.2) is 12.4 Å². The summed E-state index contributed by atoms with van der Waals surface area (Å²) in [5, 5.41) is 6.23. The lowest BCUT2D eigenvalue weighted by molar-refractivity contribution is 0.177. The lowest BCUT2D eigenvalue weighted by Gasteiger charge is -2.12. The van der Waals surface area contributed by atoms with Gasteiger partial charge in [0.2, 0.25) is 0 Å². The molecule has 0 spiro atoms. The van der Waals surface area contributed by atoms with E-state index in [1.807, 2.05) is 0 Å². The third kappa shape index (κ3) is 3.51. The van der Waals surface area contributed by atoms with Crippen molar-refractivity contribution in [3.63, 3.8) is 0 Å². The molecule has 16 heavy (non-hydrogen) atoms. The Morgan fingerprint density at radius 1 is 1.62 bits per heavy atom. The largest absolute Gasteiger partial charge is 0.452 e.